The van der Waals surface area contributed by atoms with Crippen molar-refractivity contribution in [2.75, 3.05) is 36.6 Å². The maximum absolute atomic E-state index is 15.0. The largest absolute Gasteiger partial charge is 0.497 e. The number of carbonyl (C=O) groups excluding carboxylic acids is 3. The van der Waals surface area contributed by atoms with E-state index in [1.807, 2.05) is 51.1 Å². The van der Waals surface area contributed by atoms with Crippen molar-refractivity contribution in [3.05, 3.63) is 79.9 Å². The standard InChI is InChI=1S/C37H47N3O6/c1-7-21-38(26-13-11-10-12-14-26)33(42)30-31-34(43)40(28(24-41)23-25(4)5)32(37(31)20-19-36(30,9-3)46-37)35(44)39(22-8-2)27-15-17-29(45-6)18-16-27/h7-8,10-18,25,28,30-32,41H,1-2,9,19-24H2,3-6H3/t28-,30+,31+,32?,36-,37?/m1/s1. The fraction of sp³-hybridized carbons (Fsp3) is 0.486. The van der Waals surface area contributed by atoms with Crippen molar-refractivity contribution in [2.45, 2.75) is 69.7 Å². The zero-order valence-electron chi connectivity index (χ0n) is 27.4. The molecule has 3 aliphatic heterocycles. The molecule has 3 heterocycles. The Balaban J connectivity index is 1.65. The van der Waals surface area contributed by atoms with Crippen LogP contribution < -0.4 is 14.5 Å². The molecular formula is C37H47N3O6. The second-order valence-electron chi connectivity index (χ2n) is 13.1. The molecule has 46 heavy (non-hydrogen) atoms. The minimum absolute atomic E-state index is 0.141. The summed E-state index contributed by atoms with van der Waals surface area (Å²) in [7, 11) is 1.58. The summed E-state index contributed by atoms with van der Waals surface area (Å²) in [5.74, 6) is -1.77. The van der Waals surface area contributed by atoms with E-state index in [1.165, 1.54) is 0 Å². The van der Waals surface area contributed by atoms with Crippen LogP contribution in [0.3, 0.4) is 0 Å². The molecule has 3 saturated heterocycles. The lowest BCUT2D eigenvalue weighted by molar-refractivity contribution is -0.149. The zero-order valence-corrected chi connectivity index (χ0v) is 27.4. The number of nitrogens with zero attached hydrogens (tertiary/aromatic N) is 3. The summed E-state index contributed by atoms with van der Waals surface area (Å²) < 4.78 is 12.4. The van der Waals surface area contributed by atoms with E-state index in [0.717, 1.165) is 0 Å². The number of fused-ring (bicyclic) bond motifs is 1. The lowest BCUT2D eigenvalue weighted by Gasteiger charge is -2.40. The van der Waals surface area contributed by atoms with Gasteiger partial charge in [0.15, 0.2) is 0 Å². The fourth-order valence-electron chi connectivity index (χ4n) is 8.11. The van der Waals surface area contributed by atoms with Gasteiger partial charge in [-0.2, -0.15) is 0 Å². The lowest BCUT2D eigenvalue weighted by atomic mass is 9.64. The first kappa shape index (κ1) is 33.4. The molecule has 3 aliphatic rings. The molecule has 0 saturated carbocycles. The molecule has 246 valence electrons. The summed E-state index contributed by atoms with van der Waals surface area (Å²) in [4.78, 5) is 49.5. The summed E-state index contributed by atoms with van der Waals surface area (Å²) in [5.41, 5.74) is -0.826. The molecular weight excluding hydrogens is 582 g/mol. The van der Waals surface area contributed by atoms with Gasteiger partial charge in [-0.3, -0.25) is 14.4 Å². The number of hydrogen-bond donors (Lipinski definition) is 1. The van der Waals surface area contributed by atoms with Crippen molar-refractivity contribution < 1.29 is 29.0 Å². The molecule has 0 radical (unpaired) electrons. The predicted octanol–water partition coefficient (Wildman–Crippen LogP) is 5.00. The van der Waals surface area contributed by atoms with Crippen LogP contribution in [0.5, 0.6) is 5.75 Å². The minimum Gasteiger partial charge on any atom is -0.497 e. The summed E-state index contributed by atoms with van der Waals surface area (Å²) in [6, 6.07) is 14.9. The van der Waals surface area contributed by atoms with Gasteiger partial charge in [-0.15, -0.1) is 13.2 Å². The van der Waals surface area contributed by atoms with Crippen molar-refractivity contribution in [3.63, 3.8) is 0 Å². The van der Waals surface area contributed by atoms with Crippen LogP contribution in [0.2, 0.25) is 0 Å². The molecule has 5 rings (SSSR count). The third kappa shape index (κ3) is 5.43. The monoisotopic (exact) mass is 629 g/mol. The van der Waals surface area contributed by atoms with Gasteiger partial charge in [0.05, 0.1) is 37.2 Å². The first-order valence-electron chi connectivity index (χ1n) is 16.3. The molecule has 2 bridgehead atoms. The molecule has 2 aromatic rings. The Hall–Kier alpha value is -3.95. The second-order valence-corrected chi connectivity index (χ2v) is 13.1. The second kappa shape index (κ2) is 13.4. The number of ether oxygens (including phenoxy) is 2. The lowest BCUT2D eigenvalue weighted by Crippen LogP contribution is -2.59. The number of aliphatic hydroxyl groups is 1. The molecule has 6 atom stereocenters. The van der Waals surface area contributed by atoms with Gasteiger partial charge in [-0.25, -0.2) is 0 Å². The van der Waals surface area contributed by atoms with Gasteiger partial charge in [-0.1, -0.05) is 51.1 Å². The third-order valence-electron chi connectivity index (χ3n) is 10.1. The van der Waals surface area contributed by atoms with Crippen LogP contribution in [0.15, 0.2) is 79.9 Å². The smallest absolute Gasteiger partial charge is 0.253 e. The van der Waals surface area contributed by atoms with Gasteiger partial charge in [0.2, 0.25) is 11.8 Å². The summed E-state index contributed by atoms with van der Waals surface area (Å²) in [6.07, 6.45) is 5.31. The average molecular weight is 630 g/mol. The molecule has 9 heteroatoms. The number of carbonyl (C=O) groups is 3. The van der Waals surface area contributed by atoms with Crippen LogP contribution in [-0.4, -0.2) is 77.8 Å². The number of para-hydroxylation sites is 1. The summed E-state index contributed by atoms with van der Waals surface area (Å²) >= 11 is 0. The number of amides is 3. The highest BCUT2D eigenvalue weighted by atomic mass is 16.5. The Labute approximate surface area is 272 Å². The van der Waals surface area contributed by atoms with Crippen molar-refractivity contribution >= 4 is 29.1 Å². The van der Waals surface area contributed by atoms with Crippen molar-refractivity contribution in [3.8, 4) is 5.75 Å². The first-order valence-corrected chi connectivity index (χ1v) is 16.3. The zero-order chi connectivity index (χ0) is 33.2. The molecule has 1 spiro atoms. The Morgan fingerprint density at radius 3 is 2.17 bits per heavy atom. The topological polar surface area (TPSA) is 99.6 Å². The van der Waals surface area contributed by atoms with Gasteiger partial charge in [0.1, 0.15) is 17.4 Å². The number of anilines is 2. The SMILES string of the molecule is C=CCN(C(=O)C1N([C@@H](CO)CC(C)C)C(=O)[C@@H]2[C@@H](C(=O)N(CC=C)c3ccccc3)[C@@]3(CC)CCC12O3)c1ccc(OC)cc1. The molecule has 3 amide bonds. The molecule has 0 aromatic heterocycles. The molecule has 2 unspecified atom stereocenters. The van der Waals surface area contributed by atoms with Gasteiger partial charge >= 0.3 is 0 Å². The van der Waals surface area contributed by atoms with Crippen LogP contribution in [-0.2, 0) is 19.1 Å². The number of hydrogen-bond acceptors (Lipinski definition) is 6. The Kier molecular flexibility index (Phi) is 9.75. The highest BCUT2D eigenvalue weighted by molar-refractivity contribution is 6.07. The highest BCUT2D eigenvalue weighted by Gasteiger charge is 2.79. The van der Waals surface area contributed by atoms with Crippen LogP contribution in [0, 0.1) is 17.8 Å². The van der Waals surface area contributed by atoms with E-state index in [2.05, 4.69) is 13.2 Å². The summed E-state index contributed by atoms with van der Waals surface area (Å²) in [5, 5.41) is 10.7. The number of rotatable bonds is 14. The van der Waals surface area contributed by atoms with E-state index in [1.54, 1.807) is 58.2 Å². The van der Waals surface area contributed by atoms with E-state index < -0.39 is 35.1 Å². The quantitative estimate of drug-likeness (QED) is 0.296. The molecule has 2 aromatic carbocycles. The van der Waals surface area contributed by atoms with E-state index >= 15 is 0 Å². The van der Waals surface area contributed by atoms with Crippen LogP contribution >= 0.6 is 0 Å². The van der Waals surface area contributed by atoms with Crippen LogP contribution in [0.25, 0.3) is 0 Å². The predicted molar refractivity (Wildman–Crippen MR) is 179 cm³/mol. The van der Waals surface area contributed by atoms with Crippen molar-refractivity contribution in [1.82, 2.24) is 4.90 Å². The molecule has 9 nitrogen and oxygen atoms in total. The average Bonchev–Trinajstić information content (AvgIpc) is 3.68. The molecule has 0 aliphatic carbocycles. The Morgan fingerprint density at radius 2 is 1.63 bits per heavy atom. The van der Waals surface area contributed by atoms with Gasteiger partial charge < -0.3 is 29.3 Å². The van der Waals surface area contributed by atoms with E-state index in [9.17, 15) is 19.5 Å². The number of likely N-dealkylation sites (tertiary alicyclic amines) is 1. The van der Waals surface area contributed by atoms with Gasteiger partial charge in [0, 0.05) is 24.5 Å². The number of methoxy groups -OCH3 is 1. The third-order valence-corrected chi connectivity index (χ3v) is 10.1. The van der Waals surface area contributed by atoms with Gasteiger partial charge in [-0.05, 0) is 68.0 Å². The normalized spacial score (nSPS) is 27.0. The fourth-order valence-corrected chi connectivity index (χ4v) is 8.11. The maximum Gasteiger partial charge on any atom is 0.253 e. The number of aliphatic hydroxyl groups excluding tert-OH is 1. The first-order chi connectivity index (χ1) is 22.1. The Morgan fingerprint density at radius 1 is 1.02 bits per heavy atom. The van der Waals surface area contributed by atoms with E-state index in [-0.39, 0.29) is 43.3 Å². The van der Waals surface area contributed by atoms with Crippen LogP contribution in [0.1, 0.15) is 46.5 Å². The van der Waals surface area contributed by atoms with Crippen LogP contribution in [0.4, 0.5) is 11.4 Å². The molecule has 3 fully saturated rings. The Bertz CT molecular complexity index is 1440. The van der Waals surface area contributed by atoms with Gasteiger partial charge in [0.25, 0.3) is 5.91 Å². The van der Waals surface area contributed by atoms with Crippen molar-refractivity contribution in [1.29, 1.82) is 0 Å². The maximum atomic E-state index is 15.0. The number of benzene rings is 2. The molecule has 1 N–H and O–H groups in total. The highest BCUT2D eigenvalue weighted by Crippen LogP contribution is 2.65. The minimum atomic E-state index is -1.24. The van der Waals surface area contributed by atoms with Crippen molar-refractivity contribution in [2.24, 2.45) is 17.8 Å². The summed E-state index contributed by atoms with van der Waals surface area (Å²) in [6.45, 7) is 14.0. The van der Waals surface area contributed by atoms with E-state index in [0.29, 0.717) is 42.8 Å². The van der Waals surface area contributed by atoms with E-state index in [4.69, 9.17) is 9.47 Å².